The van der Waals surface area contributed by atoms with Gasteiger partial charge in [-0.3, -0.25) is 0 Å². The Morgan fingerprint density at radius 2 is 1.87 bits per heavy atom. The van der Waals surface area contributed by atoms with Gasteiger partial charge in [0.25, 0.3) is 0 Å². The molecule has 0 aromatic heterocycles. The summed E-state index contributed by atoms with van der Waals surface area (Å²) in [7, 11) is 1.85. The highest BCUT2D eigenvalue weighted by molar-refractivity contribution is 4.82. The van der Waals surface area contributed by atoms with Gasteiger partial charge in [-0.25, -0.2) is 0 Å². The number of nitrogens with one attached hydrogen (secondary N) is 1. The van der Waals surface area contributed by atoms with E-state index in [1.807, 2.05) is 7.11 Å². The van der Waals surface area contributed by atoms with E-state index in [0.29, 0.717) is 12.1 Å². The van der Waals surface area contributed by atoms with Crippen LogP contribution in [0.25, 0.3) is 0 Å². The average molecular weight is 213 g/mol. The lowest BCUT2D eigenvalue weighted by Gasteiger charge is -2.32. The summed E-state index contributed by atoms with van der Waals surface area (Å²) in [6.07, 6.45) is 8.24. The van der Waals surface area contributed by atoms with Gasteiger partial charge >= 0.3 is 0 Å². The number of hydrogen-bond donors (Lipinski definition) is 1. The minimum Gasteiger partial charge on any atom is -0.380 e. The second kappa shape index (κ2) is 7.24. The Bertz CT molecular complexity index is 157. The Morgan fingerprint density at radius 3 is 2.47 bits per heavy atom. The predicted octanol–water partition coefficient (Wildman–Crippen LogP) is 2.97. The summed E-state index contributed by atoms with van der Waals surface area (Å²) in [5.74, 6) is 0.837. The zero-order valence-corrected chi connectivity index (χ0v) is 10.6. The van der Waals surface area contributed by atoms with Crippen molar-refractivity contribution in [1.29, 1.82) is 0 Å². The van der Waals surface area contributed by atoms with Gasteiger partial charge in [0.1, 0.15) is 0 Å². The second-order valence-electron chi connectivity index (χ2n) is 4.76. The van der Waals surface area contributed by atoms with Gasteiger partial charge in [0.05, 0.1) is 6.10 Å². The quantitative estimate of drug-likeness (QED) is 0.732. The smallest absolute Gasteiger partial charge is 0.0724 e. The van der Waals surface area contributed by atoms with Crippen LogP contribution in [-0.4, -0.2) is 25.8 Å². The maximum Gasteiger partial charge on any atom is 0.0724 e. The minimum atomic E-state index is 0.452. The lowest BCUT2D eigenvalue weighted by atomic mass is 9.91. The molecule has 0 bridgehead atoms. The van der Waals surface area contributed by atoms with E-state index in [4.69, 9.17) is 4.74 Å². The van der Waals surface area contributed by atoms with E-state index in [-0.39, 0.29) is 0 Å². The van der Waals surface area contributed by atoms with Crippen molar-refractivity contribution in [3.05, 3.63) is 0 Å². The first-order valence-corrected chi connectivity index (χ1v) is 6.57. The molecule has 1 rings (SSSR count). The van der Waals surface area contributed by atoms with Gasteiger partial charge in [0, 0.05) is 13.2 Å². The summed E-state index contributed by atoms with van der Waals surface area (Å²) in [5.41, 5.74) is 0. The third-order valence-corrected chi connectivity index (χ3v) is 3.83. The van der Waals surface area contributed by atoms with Crippen molar-refractivity contribution >= 4 is 0 Å². The van der Waals surface area contributed by atoms with Crippen molar-refractivity contribution in [2.24, 2.45) is 5.92 Å². The Labute approximate surface area is 94.8 Å². The molecule has 2 atom stereocenters. The van der Waals surface area contributed by atoms with E-state index in [1.54, 1.807) is 0 Å². The van der Waals surface area contributed by atoms with Crippen LogP contribution in [-0.2, 0) is 4.74 Å². The van der Waals surface area contributed by atoms with Crippen LogP contribution in [0, 0.1) is 5.92 Å². The Balaban J connectivity index is 2.28. The monoisotopic (exact) mass is 213 g/mol. The van der Waals surface area contributed by atoms with Crippen LogP contribution < -0.4 is 5.32 Å². The highest BCUT2D eigenvalue weighted by atomic mass is 16.5. The van der Waals surface area contributed by atoms with E-state index >= 15 is 0 Å². The fourth-order valence-corrected chi connectivity index (χ4v) is 2.51. The molecule has 0 amide bonds. The fourth-order valence-electron chi connectivity index (χ4n) is 2.51. The summed E-state index contributed by atoms with van der Waals surface area (Å²) in [6.45, 7) is 5.73. The van der Waals surface area contributed by atoms with Gasteiger partial charge in [0.15, 0.2) is 0 Å². The molecule has 1 N–H and O–H groups in total. The third kappa shape index (κ3) is 4.12. The van der Waals surface area contributed by atoms with Crippen LogP contribution in [0.2, 0.25) is 0 Å². The molecule has 0 radical (unpaired) electrons. The lowest BCUT2D eigenvalue weighted by Crippen LogP contribution is -2.44. The average Bonchev–Trinajstić information content (AvgIpc) is 2.31. The van der Waals surface area contributed by atoms with Gasteiger partial charge < -0.3 is 10.1 Å². The van der Waals surface area contributed by atoms with Crippen LogP contribution >= 0.6 is 0 Å². The third-order valence-electron chi connectivity index (χ3n) is 3.83. The fraction of sp³-hybridized carbons (Fsp3) is 1.00. The molecule has 0 heterocycles. The van der Waals surface area contributed by atoms with E-state index in [0.717, 1.165) is 12.5 Å². The molecule has 0 aromatic carbocycles. The van der Waals surface area contributed by atoms with Crippen LogP contribution in [0.5, 0.6) is 0 Å². The summed E-state index contributed by atoms with van der Waals surface area (Å²) < 4.78 is 5.54. The molecule has 1 fully saturated rings. The molecule has 0 saturated heterocycles. The topological polar surface area (TPSA) is 21.3 Å². The molecule has 0 spiro atoms. The summed E-state index contributed by atoms with van der Waals surface area (Å²) >= 11 is 0. The zero-order chi connectivity index (χ0) is 11.1. The van der Waals surface area contributed by atoms with Gasteiger partial charge in [-0.1, -0.05) is 39.5 Å². The van der Waals surface area contributed by atoms with Crippen molar-refractivity contribution in [1.82, 2.24) is 5.32 Å². The van der Waals surface area contributed by atoms with Crippen LogP contribution in [0.3, 0.4) is 0 Å². The van der Waals surface area contributed by atoms with Crippen LogP contribution in [0.15, 0.2) is 0 Å². The van der Waals surface area contributed by atoms with Gasteiger partial charge in [-0.2, -0.15) is 0 Å². The van der Waals surface area contributed by atoms with Crippen LogP contribution in [0.4, 0.5) is 0 Å². The molecule has 1 saturated carbocycles. The summed E-state index contributed by atoms with van der Waals surface area (Å²) in [6, 6.07) is 0.601. The van der Waals surface area contributed by atoms with E-state index in [1.165, 1.54) is 38.5 Å². The first-order valence-electron chi connectivity index (χ1n) is 6.57. The maximum absolute atomic E-state index is 5.54. The molecular weight excluding hydrogens is 186 g/mol. The molecule has 90 valence electrons. The SMILES string of the molecule is CCC(CC)CNC1CCCCC1OC. The van der Waals surface area contributed by atoms with Crippen molar-refractivity contribution in [2.45, 2.75) is 64.5 Å². The number of rotatable bonds is 6. The Morgan fingerprint density at radius 1 is 1.20 bits per heavy atom. The first-order chi connectivity index (χ1) is 7.31. The molecule has 2 unspecified atom stereocenters. The van der Waals surface area contributed by atoms with Crippen molar-refractivity contribution < 1.29 is 4.74 Å². The predicted molar refractivity (Wildman–Crippen MR) is 65.1 cm³/mol. The maximum atomic E-state index is 5.54. The van der Waals surface area contributed by atoms with Crippen molar-refractivity contribution in [2.75, 3.05) is 13.7 Å². The normalized spacial score (nSPS) is 27.2. The van der Waals surface area contributed by atoms with Gasteiger partial charge in [0.2, 0.25) is 0 Å². The number of ether oxygens (including phenoxy) is 1. The van der Waals surface area contributed by atoms with E-state index in [2.05, 4.69) is 19.2 Å². The van der Waals surface area contributed by atoms with Crippen LogP contribution in [0.1, 0.15) is 52.4 Å². The van der Waals surface area contributed by atoms with Gasteiger partial charge in [-0.15, -0.1) is 0 Å². The molecule has 15 heavy (non-hydrogen) atoms. The second-order valence-corrected chi connectivity index (χ2v) is 4.76. The lowest BCUT2D eigenvalue weighted by molar-refractivity contribution is 0.0404. The molecule has 0 aliphatic heterocycles. The zero-order valence-electron chi connectivity index (χ0n) is 10.6. The first kappa shape index (κ1) is 13.0. The van der Waals surface area contributed by atoms with Crippen molar-refractivity contribution in [3.63, 3.8) is 0 Å². The molecular formula is C13H27NO. The molecule has 1 aliphatic rings. The highest BCUT2D eigenvalue weighted by Gasteiger charge is 2.24. The van der Waals surface area contributed by atoms with Gasteiger partial charge in [-0.05, 0) is 25.3 Å². The minimum absolute atomic E-state index is 0.452. The summed E-state index contributed by atoms with van der Waals surface area (Å²) in [5, 5.41) is 3.70. The summed E-state index contributed by atoms with van der Waals surface area (Å²) in [4.78, 5) is 0. The molecule has 2 nitrogen and oxygen atoms in total. The number of methoxy groups -OCH3 is 1. The molecule has 2 heteroatoms. The van der Waals surface area contributed by atoms with Crippen molar-refractivity contribution in [3.8, 4) is 0 Å². The Kier molecular flexibility index (Phi) is 6.26. The standard InChI is InChI=1S/C13H27NO/c1-4-11(5-2)10-14-12-8-6-7-9-13(12)15-3/h11-14H,4-10H2,1-3H3. The molecule has 1 aliphatic carbocycles. The Hall–Kier alpha value is -0.0800. The largest absolute Gasteiger partial charge is 0.380 e. The van der Waals surface area contributed by atoms with E-state index < -0.39 is 0 Å². The highest BCUT2D eigenvalue weighted by Crippen LogP contribution is 2.21. The molecule has 0 aromatic rings. The number of hydrogen-bond acceptors (Lipinski definition) is 2. The van der Waals surface area contributed by atoms with E-state index in [9.17, 15) is 0 Å².